The van der Waals surface area contributed by atoms with Gasteiger partial charge in [-0.25, -0.2) is 4.99 Å². The highest BCUT2D eigenvalue weighted by Gasteiger charge is 2.26. The average Bonchev–Trinajstić information content (AvgIpc) is 2.72. The number of carbonyl (C=O) groups is 1. The number of hydrogen-bond acceptors (Lipinski definition) is 3. The molecule has 1 aromatic rings. The van der Waals surface area contributed by atoms with E-state index in [1.54, 1.807) is 0 Å². The van der Waals surface area contributed by atoms with Crippen LogP contribution < -0.4 is 5.73 Å². The van der Waals surface area contributed by atoms with Crippen LogP contribution in [0.4, 0.5) is 5.69 Å². The second-order valence-electron chi connectivity index (χ2n) is 6.88. The van der Waals surface area contributed by atoms with Gasteiger partial charge in [0.1, 0.15) is 12.1 Å². The Kier molecular flexibility index (Phi) is 4.52. The van der Waals surface area contributed by atoms with Gasteiger partial charge in [0.2, 0.25) is 0 Å². The van der Waals surface area contributed by atoms with Gasteiger partial charge in [-0.05, 0) is 24.5 Å². The number of allylic oxidation sites excluding steroid dienone is 4. The molecule has 3 rings (SSSR count). The minimum atomic E-state index is -0.117. The summed E-state index contributed by atoms with van der Waals surface area (Å²) in [5, 5.41) is 0. The van der Waals surface area contributed by atoms with Crippen molar-refractivity contribution in [3.63, 3.8) is 0 Å². The predicted octanol–water partition coefficient (Wildman–Crippen LogP) is 4.61. The summed E-state index contributed by atoms with van der Waals surface area (Å²) in [5.41, 5.74) is 11.4. The topological polar surface area (TPSA) is 55.5 Å². The molecule has 0 aromatic heterocycles. The number of carbonyl (C=O) groups excluding carboxylic acids is 1. The maximum Gasteiger partial charge on any atom is 0.149 e. The van der Waals surface area contributed by atoms with Crippen molar-refractivity contribution in [2.45, 2.75) is 44.9 Å². The molecule has 0 fully saturated rings. The van der Waals surface area contributed by atoms with Gasteiger partial charge in [0.05, 0.1) is 5.69 Å². The molecule has 2 aliphatic rings. The van der Waals surface area contributed by atoms with Gasteiger partial charge in [-0.15, -0.1) is 0 Å². The van der Waals surface area contributed by atoms with Gasteiger partial charge >= 0.3 is 0 Å². The Balaban J connectivity index is 1.98. The number of hydrogen-bond donors (Lipinski definition) is 1. The molecule has 124 valence electrons. The number of benzene rings is 1. The fourth-order valence-corrected chi connectivity index (χ4v) is 3.34. The van der Waals surface area contributed by atoms with Crippen molar-refractivity contribution in [3.8, 4) is 0 Å². The van der Waals surface area contributed by atoms with Gasteiger partial charge in [-0.3, -0.25) is 4.79 Å². The van der Waals surface area contributed by atoms with Crippen LogP contribution in [0.3, 0.4) is 0 Å². The zero-order valence-corrected chi connectivity index (χ0v) is 14.4. The van der Waals surface area contributed by atoms with Crippen molar-refractivity contribution < 1.29 is 4.79 Å². The zero-order valence-electron chi connectivity index (χ0n) is 14.4. The summed E-state index contributed by atoms with van der Waals surface area (Å²) in [6.07, 6.45) is 12.9. The molecule has 0 amide bonds. The molecule has 0 spiro atoms. The Labute approximate surface area is 143 Å². The molecule has 0 bridgehead atoms. The van der Waals surface area contributed by atoms with E-state index in [1.165, 1.54) is 11.1 Å². The molecule has 1 atom stereocenters. The highest BCUT2D eigenvalue weighted by molar-refractivity contribution is 5.90. The Morgan fingerprint density at radius 2 is 2.21 bits per heavy atom. The van der Waals surface area contributed by atoms with Gasteiger partial charge in [0.25, 0.3) is 0 Å². The lowest BCUT2D eigenvalue weighted by atomic mass is 9.76. The fourth-order valence-electron chi connectivity index (χ4n) is 3.34. The van der Waals surface area contributed by atoms with E-state index >= 15 is 0 Å². The van der Waals surface area contributed by atoms with Crippen molar-refractivity contribution in [3.05, 3.63) is 58.7 Å². The van der Waals surface area contributed by atoms with Gasteiger partial charge in [-0.1, -0.05) is 62.3 Å². The van der Waals surface area contributed by atoms with Crippen LogP contribution in [0, 0.1) is 0 Å². The van der Waals surface area contributed by atoms with E-state index in [4.69, 9.17) is 5.73 Å². The summed E-state index contributed by atoms with van der Waals surface area (Å²) in [7, 11) is 0. The Bertz CT molecular complexity index is 783. The highest BCUT2D eigenvalue weighted by Crippen LogP contribution is 2.37. The first-order valence-corrected chi connectivity index (χ1v) is 8.55. The molecule has 1 aliphatic heterocycles. The molecular weight excluding hydrogens is 296 g/mol. The van der Waals surface area contributed by atoms with Crippen LogP contribution in [0.25, 0.3) is 6.08 Å². The number of fused-ring (bicyclic) bond motifs is 1. The van der Waals surface area contributed by atoms with Crippen LogP contribution in [0.1, 0.15) is 50.7 Å². The first-order chi connectivity index (χ1) is 11.5. The Morgan fingerprint density at radius 3 is 2.88 bits per heavy atom. The first-order valence-electron chi connectivity index (χ1n) is 8.55. The summed E-state index contributed by atoms with van der Waals surface area (Å²) in [6, 6.07) is 6.44. The van der Waals surface area contributed by atoms with E-state index < -0.39 is 0 Å². The summed E-state index contributed by atoms with van der Waals surface area (Å²) in [5.74, 6) is 0.679. The van der Waals surface area contributed by atoms with E-state index in [0.717, 1.165) is 48.8 Å². The lowest BCUT2D eigenvalue weighted by Crippen LogP contribution is -2.20. The van der Waals surface area contributed by atoms with Crippen molar-refractivity contribution in [1.82, 2.24) is 0 Å². The monoisotopic (exact) mass is 320 g/mol. The van der Waals surface area contributed by atoms with Crippen LogP contribution >= 0.6 is 0 Å². The van der Waals surface area contributed by atoms with Crippen LogP contribution in [-0.4, -0.2) is 12.1 Å². The maximum atomic E-state index is 10.9. The van der Waals surface area contributed by atoms with Gasteiger partial charge in [-0.2, -0.15) is 0 Å². The van der Waals surface area contributed by atoms with Gasteiger partial charge in [0, 0.05) is 23.0 Å². The number of amidine groups is 1. The molecule has 0 saturated heterocycles. The number of nitrogens with zero attached hydrogens (tertiary/aromatic N) is 1. The lowest BCUT2D eigenvalue weighted by molar-refractivity contribution is -0.104. The standard InChI is InChI=1S/C21H24N2O/c1-3-4-16-11-17-5-6-18(13-19(17)23-20(22)12-16)21(2)9-7-15(14-24)8-10-21/h5-9,11,13-14H,3-4,10,12H2,1-2H3,(H2,22,23). The van der Waals surface area contributed by atoms with Crippen molar-refractivity contribution >= 4 is 23.9 Å². The molecule has 1 unspecified atom stereocenters. The summed E-state index contributed by atoms with van der Waals surface area (Å²) < 4.78 is 0. The van der Waals surface area contributed by atoms with Crippen LogP contribution in [0.2, 0.25) is 0 Å². The van der Waals surface area contributed by atoms with E-state index in [0.29, 0.717) is 5.84 Å². The minimum absolute atomic E-state index is 0.117. The molecule has 24 heavy (non-hydrogen) atoms. The number of nitrogens with two attached hydrogens (primary N) is 1. The van der Waals surface area contributed by atoms with Crippen molar-refractivity contribution in [2.75, 3.05) is 0 Å². The fraction of sp³-hybridized carbons (Fsp3) is 0.333. The molecule has 0 radical (unpaired) electrons. The smallest absolute Gasteiger partial charge is 0.149 e. The van der Waals surface area contributed by atoms with E-state index in [9.17, 15) is 4.79 Å². The summed E-state index contributed by atoms with van der Waals surface area (Å²) in [6.45, 7) is 4.37. The van der Waals surface area contributed by atoms with Crippen LogP contribution in [-0.2, 0) is 10.2 Å². The largest absolute Gasteiger partial charge is 0.387 e. The number of aliphatic imine (C=N–C) groups is 1. The molecule has 1 aromatic carbocycles. The normalized spacial score (nSPS) is 22.8. The van der Waals surface area contributed by atoms with Crippen molar-refractivity contribution in [2.24, 2.45) is 10.7 Å². The molecule has 3 heteroatoms. The predicted molar refractivity (Wildman–Crippen MR) is 100 cm³/mol. The molecular formula is C21H24N2O. The zero-order chi connectivity index (χ0) is 17.2. The molecule has 0 saturated carbocycles. The maximum absolute atomic E-state index is 10.9. The van der Waals surface area contributed by atoms with Gasteiger partial charge in [0.15, 0.2) is 0 Å². The summed E-state index contributed by atoms with van der Waals surface area (Å²) in [4.78, 5) is 15.5. The molecule has 2 N–H and O–H groups in total. The average molecular weight is 320 g/mol. The molecule has 1 aliphatic carbocycles. The summed E-state index contributed by atoms with van der Waals surface area (Å²) >= 11 is 0. The Hall–Kier alpha value is -2.42. The third-order valence-corrected chi connectivity index (χ3v) is 4.83. The third kappa shape index (κ3) is 3.25. The van der Waals surface area contributed by atoms with Crippen LogP contribution in [0.5, 0.6) is 0 Å². The first kappa shape index (κ1) is 16.4. The van der Waals surface area contributed by atoms with E-state index in [1.807, 2.05) is 12.2 Å². The molecule has 3 nitrogen and oxygen atoms in total. The Morgan fingerprint density at radius 1 is 1.38 bits per heavy atom. The molecule has 1 heterocycles. The van der Waals surface area contributed by atoms with Crippen molar-refractivity contribution in [1.29, 1.82) is 0 Å². The minimum Gasteiger partial charge on any atom is -0.387 e. The lowest BCUT2D eigenvalue weighted by Gasteiger charge is -2.28. The number of rotatable bonds is 4. The quantitative estimate of drug-likeness (QED) is 0.824. The second kappa shape index (κ2) is 6.60. The third-order valence-electron chi connectivity index (χ3n) is 4.83. The highest BCUT2D eigenvalue weighted by atomic mass is 16.1. The SMILES string of the molecule is CCCC1=Cc2ccc(C3(C)C=CC(C=O)=CC3)cc2N=C(N)C1. The van der Waals surface area contributed by atoms with E-state index in [-0.39, 0.29) is 5.41 Å². The number of aldehydes is 1. The van der Waals surface area contributed by atoms with Gasteiger partial charge < -0.3 is 5.73 Å². The second-order valence-corrected chi connectivity index (χ2v) is 6.88. The van der Waals surface area contributed by atoms with Crippen LogP contribution in [0.15, 0.2) is 52.6 Å². The van der Waals surface area contributed by atoms with E-state index in [2.05, 4.69) is 49.2 Å².